The Bertz CT molecular complexity index is 1040. The number of fused-ring (bicyclic) bond motifs is 3. The summed E-state index contributed by atoms with van der Waals surface area (Å²) in [6.45, 7) is 3.88. The molecule has 0 spiro atoms. The van der Waals surface area contributed by atoms with E-state index < -0.39 is 0 Å². The van der Waals surface area contributed by atoms with Gasteiger partial charge in [-0.1, -0.05) is 23.2 Å². The van der Waals surface area contributed by atoms with Crippen LogP contribution in [-0.2, 0) is 0 Å². The van der Waals surface area contributed by atoms with Gasteiger partial charge in [0.1, 0.15) is 12.1 Å². The lowest BCUT2D eigenvalue weighted by atomic mass is 10.2. The molecule has 4 aromatic rings. The zero-order valence-electron chi connectivity index (χ0n) is 11.8. The van der Waals surface area contributed by atoms with Gasteiger partial charge in [-0.2, -0.15) is 0 Å². The second-order valence-electron chi connectivity index (χ2n) is 5.04. The SMILES string of the molecule is Cc1oc2ncn3nc(-c4ccc(Cl)cc4Cl)nc3c2c1C. The Morgan fingerprint density at radius 1 is 1.18 bits per heavy atom. The average Bonchev–Trinajstić information content (AvgIpc) is 3.00. The molecule has 0 atom stereocenters. The zero-order valence-corrected chi connectivity index (χ0v) is 13.3. The Morgan fingerprint density at radius 3 is 2.77 bits per heavy atom. The van der Waals surface area contributed by atoms with Gasteiger partial charge in [0.2, 0.25) is 5.71 Å². The molecule has 0 saturated heterocycles. The van der Waals surface area contributed by atoms with Gasteiger partial charge in [0.05, 0.1) is 10.4 Å². The van der Waals surface area contributed by atoms with Gasteiger partial charge in [-0.25, -0.2) is 14.5 Å². The number of furan rings is 1. The molecule has 0 amide bonds. The molecular formula is C15H10Cl2N4O. The van der Waals surface area contributed by atoms with Crippen molar-refractivity contribution in [2.45, 2.75) is 13.8 Å². The number of aryl methyl sites for hydroxylation is 2. The van der Waals surface area contributed by atoms with Gasteiger partial charge in [-0.05, 0) is 32.0 Å². The molecule has 0 aliphatic heterocycles. The van der Waals surface area contributed by atoms with Crippen LogP contribution in [0.4, 0.5) is 0 Å². The lowest BCUT2D eigenvalue weighted by molar-refractivity contribution is 0.563. The van der Waals surface area contributed by atoms with Crippen molar-refractivity contribution in [3.8, 4) is 11.4 Å². The first-order chi connectivity index (χ1) is 10.5. The predicted octanol–water partition coefficient (Wildman–Crippen LogP) is 4.46. The molecule has 110 valence electrons. The third-order valence-corrected chi connectivity index (χ3v) is 4.23. The molecule has 0 fully saturated rings. The minimum atomic E-state index is 0.507. The molecule has 0 aliphatic rings. The number of hydrogen-bond donors (Lipinski definition) is 0. The second kappa shape index (κ2) is 4.69. The van der Waals surface area contributed by atoms with Crippen LogP contribution in [0.5, 0.6) is 0 Å². The van der Waals surface area contributed by atoms with Crippen LogP contribution in [0.15, 0.2) is 28.9 Å². The van der Waals surface area contributed by atoms with Gasteiger partial charge in [-0.15, -0.1) is 5.10 Å². The third kappa shape index (κ3) is 1.90. The smallest absolute Gasteiger partial charge is 0.231 e. The topological polar surface area (TPSA) is 56.2 Å². The second-order valence-corrected chi connectivity index (χ2v) is 5.88. The van der Waals surface area contributed by atoms with E-state index in [-0.39, 0.29) is 0 Å². The summed E-state index contributed by atoms with van der Waals surface area (Å²) in [5.41, 5.74) is 2.99. The molecular weight excluding hydrogens is 323 g/mol. The minimum absolute atomic E-state index is 0.507. The van der Waals surface area contributed by atoms with Crippen molar-refractivity contribution >= 4 is 39.9 Å². The van der Waals surface area contributed by atoms with Gasteiger partial charge in [0, 0.05) is 16.1 Å². The number of aromatic nitrogens is 4. The molecule has 5 nitrogen and oxygen atoms in total. The van der Waals surface area contributed by atoms with Crippen LogP contribution in [0.2, 0.25) is 10.0 Å². The first-order valence-corrected chi connectivity index (χ1v) is 7.36. The Labute approximate surface area is 135 Å². The summed E-state index contributed by atoms with van der Waals surface area (Å²) in [5, 5.41) is 6.39. The lowest BCUT2D eigenvalue weighted by Gasteiger charge is -1.98. The molecule has 3 aromatic heterocycles. The van der Waals surface area contributed by atoms with Crippen molar-refractivity contribution in [1.29, 1.82) is 0 Å². The predicted molar refractivity (Wildman–Crippen MR) is 85.5 cm³/mol. The van der Waals surface area contributed by atoms with Crippen molar-refractivity contribution in [2.24, 2.45) is 0 Å². The van der Waals surface area contributed by atoms with Gasteiger partial charge in [0.25, 0.3) is 0 Å². The van der Waals surface area contributed by atoms with Crippen LogP contribution in [0.1, 0.15) is 11.3 Å². The van der Waals surface area contributed by atoms with E-state index in [0.29, 0.717) is 27.2 Å². The molecule has 0 bridgehead atoms. The van der Waals surface area contributed by atoms with Crippen LogP contribution < -0.4 is 0 Å². The monoisotopic (exact) mass is 332 g/mol. The Kier molecular flexibility index (Phi) is 2.89. The van der Waals surface area contributed by atoms with E-state index in [4.69, 9.17) is 27.6 Å². The molecule has 0 N–H and O–H groups in total. The summed E-state index contributed by atoms with van der Waals surface area (Å²) in [6, 6.07) is 5.23. The highest BCUT2D eigenvalue weighted by atomic mass is 35.5. The molecule has 0 aliphatic carbocycles. The molecule has 7 heteroatoms. The summed E-state index contributed by atoms with van der Waals surface area (Å²) < 4.78 is 7.25. The summed E-state index contributed by atoms with van der Waals surface area (Å²) in [5.74, 6) is 1.35. The molecule has 3 heterocycles. The fraction of sp³-hybridized carbons (Fsp3) is 0.133. The molecule has 0 saturated carbocycles. The van der Waals surface area contributed by atoms with Gasteiger partial charge < -0.3 is 4.42 Å². The first kappa shape index (κ1) is 13.5. The fourth-order valence-corrected chi connectivity index (χ4v) is 2.92. The van der Waals surface area contributed by atoms with Crippen molar-refractivity contribution in [2.75, 3.05) is 0 Å². The lowest BCUT2D eigenvalue weighted by Crippen LogP contribution is -1.90. The number of hydrogen-bond acceptors (Lipinski definition) is 4. The summed E-state index contributed by atoms with van der Waals surface area (Å²) in [4.78, 5) is 8.87. The van der Waals surface area contributed by atoms with E-state index in [1.807, 2.05) is 13.8 Å². The maximum Gasteiger partial charge on any atom is 0.231 e. The maximum atomic E-state index is 6.24. The van der Waals surface area contributed by atoms with Crippen molar-refractivity contribution < 1.29 is 4.42 Å². The quantitative estimate of drug-likeness (QED) is 0.516. The summed E-state index contributed by atoms with van der Waals surface area (Å²) >= 11 is 12.2. The number of nitrogens with zero attached hydrogens (tertiary/aromatic N) is 4. The molecule has 4 rings (SSSR count). The van der Waals surface area contributed by atoms with E-state index in [2.05, 4.69) is 15.1 Å². The number of halogens is 2. The standard InChI is InChI=1S/C15H10Cl2N4O/c1-7-8(2)22-15-12(7)14-19-13(20-21(14)6-18-15)10-4-3-9(16)5-11(10)17/h3-6H,1-2H3. The van der Waals surface area contributed by atoms with Crippen LogP contribution in [0, 0.1) is 13.8 Å². The van der Waals surface area contributed by atoms with E-state index in [0.717, 1.165) is 22.3 Å². The van der Waals surface area contributed by atoms with Crippen LogP contribution in [-0.4, -0.2) is 19.6 Å². The minimum Gasteiger partial charge on any atom is -0.443 e. The zero-order chi connectivity index (χ0) is 15.4. The number of benzene rings is 1. The Morgan fingerprint density at radius 2 is 2.00 bits per heavy atom. The summed E-state index contributed by atoms with van der Waals surface area (Å²) in [6.07, 6.45) is 1.58. The van der Waals surface area contributed by atoms with Gasteiger partial charge in [-0.3, -0.25) is 0 Å². The third-order valence-electron chi connectivity index (χ3n) is 3.68. The van der Waals surface area contributed by atoms with Crippen LogP contribution >= 0.6 is 23.2 Å². The van der Waals surface area contributed by atoms with Crippen molar-refractivity contribution in [3.05, 3.63) is 45.9 Å². The first-order valence-electron chi connectivity index (χ1n) is 6.61. The largest absolute Gasteiger partial charge is 0.443 e. The van der Waals surface area contributed by atoms with Crippen molar-refractivity contribution in [3.63, 3.8) is 0 Å². The van der Waals surface area contributed by atoms with Crippen LogP contribution in [0.3, 0.4) is 0 Å². The highest BCUT2D eigenvalue weighted by Gasteiger charge is 2.17. The highest BCUT2D eigenvalue weighted by molar-refractivity contribution is 6.36. The molecule has 22 heavy (non-hydrogen) atoms. The average molecular weight is 333 g/mol. The maximum absolute atomic E-state index is 6.24. The molecule has 0 unspecified atom stereocenters. The van der Waals surface area contributed by atoms with Crippen molar-refractivity contribution in [1.82, 2.24) is 19.6 Å². The van der Waals surface area contributed by atoms with E-state index >= 15 is 0 Å². The Hall–Kier alpha value is -2.11. The number of rotatable bonds is 1. The summed E-state index contributed by atoms with van der Waals surface area (Å²) in [7, 11) is 0. The fourth-order valence-electron chi connectivity index (χ4n) is 2.43. The molecule has 1 aromatic carbocycles. The highest BCUT2D eigenvalue weighted by Crippen LogP contribution is 2.31. The van der Waals surface area contributed by atoms with Gasteiger partial charge in [0.15, 0.2) is 11.5 Å². The van der Waals surface area contributed by atoms with E-state index in [9.17, 15) is 0 Å². The van der Waals surface area contributed by atoms with E-state index in [1.165, 1.54) is 0 Å². The molecule has 0 radical (unpaired) electrons. The Balaban J connectivity index is 2.03. The van der Waals surface area contributed by atoms with Crippen LogP contribution in [0.25, 0.3) is 28.1 Å². The normalized spacial score (nSPS) is 11.6. The van der Waals surface area contributed by atoms with E-state index in [1.54, 1.807) is 29.0 Å². The van der Waals surface area contributed by atoms with Gasteiger partial charge >= 0.3 is 0 Å².